The van der Waals surface area contributed by atoms with Crippen LogP contribution in [0.4, 0.5) is 0 Å². The number of aliphatic hydroxyl groups is 1. The van der Waals surface area contributed by atoms with Gasteiger partial charge >= 0.3 is 0 Å². The molecule has 0 amide bonds. The molecular formula is C15H23NO2. The first-order chi connectivity index (χ1) is 8.46. The number of rotatable bonds is 2. The van der Waals surface area contributed by atoms with Gasteiger partial charge in [-0.25, -0.2) is 0 Å². The van der Waals surface area contributed by atoms with Crippen LogP contribution in [0.2, 0.25) is 0 Å². The molecule has 0 aliphatic carbocycles. The largest absolute Gasteiger partial charge is 0.496 e. The summed E-state index contributed by atoms with van der Waals surface area (Å²) < 4.78 is 5.33. The first kappa shape index (κ1) is 13.4. The van der Waals surface area contributed by atoms with Gasteiger partial charge in [-0.15, -0.1) is 0 Å². The van der Waals surface area contributed by atoms with E-state index in [0.29, 0.717) is 0 Å². The molecule has 0 radical (unpaired) electrons. The Morgan fingerprint density at radius 3 is 2.33 bits per heavy atom. The van der Waals surface area contributed by atoms with Crippen LogP contribution in [-0.4, -0.2) is 37.3 Å². The number of benzene rings is 1. The van der Waals surface area contributed by atoms with E-state index in [9.17, 15) is 5.11 Å². The van der Waals surface area contributed by atoms with Crippen molar-refractivity contribution in [2.75, 3.05) is 27.2 Å². The SMILES string of the molecule is COc1cc(C)c(C2(O)CCN(C)CC2)cc1C. The van der Waals surface area contributed by atoms with Gasteiger partial charge in [0.1, 0.15) is 5.75 Å². The zero-order chi connectivity index (χ0) is 13.3. The van der Waals surface area contributed by atoms with Gasteiger partial charge < -0.3 is 14.7 Å². The molecule has 18 heavy (non-hydrogen) atoms. The standard InChI is InChI=1S/C15H23NO2/c1-11-10-14(18-4)12(2)9-13(11)15(17)5-7-16(3)8-6-15/h9-10,17H,5-8H2,1-4H3. The molecule has 0 saturated carbocycles. The average Bonchev–Trinajstić information content (AvgIpc) is 2.35. The van der Waals surface area contributed by atoms with Gasteiger partial charge in [0.2, 0.25) is 0 Å². The highest BCUT2D eigenvalue weighted by molar-refractivity contribution is 5.44. The van der Waals surface area contributed by atoms with Gasteiger partial charge in [-0.3, -0.25) is 0 Å². The highest BCUT2D eigenvalue weighted by Crippen LogP contribution is 2.36. The molecule has 100 valence electrons. The van der Waals surface area contributed by atoms with Crippen LogP contribution in [0, 0.1) is 13.8 Å². The molecule has 1 saturated heterocycles. The summed E-state index contributed by atoms with van der Waals surface area (Å²) in [5, 5.41) is 10.9. The maximum absolute atomic E-state index is 10.9. The van der Waals surface area contributed by atoms with Gasteiger partial charge in [-0.05, 0) is 62.6 Å². The topological polar surface area (TPSA) is 32.7 Å². The molecule has 3 nitrogen and oxygen atoms in total. The van der Waals surface area contributed by atoms with Crippen LogP contribution >= 0.6 is 0 Å². The lowest BCUT2D eigenvalue weighted by atomic mass is 9.81. The Labute approximate surface area is 109 Å². The maximum Gasteiger partial charge on any atom is 0.122 e. The van der Waals surface area contributed by atoms with E-state index < -0.39 is 5.60 Å². The van der Waals surface area contributed by atoms with E-state index in [-0.39, 0.29) is 0 Å². The Morgan fingerprint density at radius 2 is 1.78 bits per heavy atom. The van der Waals surface area contributed by atoms with Crippen molar-refractivity contribution in [1.29, 1.82) is 0 Å². The van der Waals surface area contributed by atoms with E-state index >= 15 is 0 Å². The molecule has 0 unspecified atom stereocenters. The van der Waals surface area contributed by atoms with Crippen molar-refractivity contribution in [2.45, 2.75) is 32.3 Å². The Bertz CT molecular complexity index is 434. The molecule has 1 N–H and O–H groups in total. The zero-order valence-electron chi connectivity index (χ0n) is 11.8. The zero-order valence-corrected chi connectivity index (χ0v) is 11.8. The first-order valence-corrected chi connectivity index (χ1v) is 6.53. The fourth-order valence-corrected chi connectivity index (χ4v) is 2.77. The van der Waals surface area contributed by atoms with Crippen LogP contribution in [0.25, 0.3) is 0 Å². The van der Waals surface area contributed by atoms with Crippen molar-refractivity contribution >= 4 is 0 Å². The molecule has 3 heteroatoms. The molecule has 0 spiro atoms. The van der Waals surface area contributed by atoms with Gasteiger partial charge in [0.05, 0.1) is 12.7 Å². The summed E-state index contributed by atoms with van der Waals surface area (Å²) in [5.41, 5.74) is 2.59. The molecule has 1 heterocycles. The monoisotopic (exact) mass is 249 g/mol. The van der Waals surface area contributed by atoms with Gasteiger partial charge in [0.15, 0.2) is 0 Å². The lowest BCUT2D eigenvalue weighted by Crippen LogP contribution is -2.41. The second-order valence-corrected chi connectivity index (χ2v) is 5.47. The summed E-state index contributed by atoms with van der Waals surface area (Å²) in [6, 6.07) is 4.11. The molecule has 0 bridgehead atoms. The van der Waals surface area contributed by atoms with Crippen molar-refractivity contribution in [3.8, 4) is 5.75 Å². The van der Waals surface area contributed by atoms with Gasteiger partial charge in [-0.1, -0.05) is 0 Å². The lowest BCUT2D eigenvalue weighted by Gasteiger charge is -2.38. The van der Waals surface area contributed by atoms with Crippen molar-refractivity contribution < 1.29 is 9.84 Å². The third-order valence-corrected chi connectivity index (χ3v) is 4.06. The summed E-state index contributed by atoms with van der Waals surface area (Å²) in [4.78, 5) is 2.26. The van der Waals surface area contributed by atoms with E-state index in [2.05, 4.69) is 18.0 Å². The molecule has 0 atom stereocenters. The fraction of sp³-hybridized carbons (Fsp3) is 0.600. The van der Waals surface area contributed by atoms with E-state index in [0.717, 1.165) is 48.4 Å². The number of ether oxygens (including phenoxy) is 1. The molecule has 1 aromatic rings. The lowest BCUT2D eigenvalue weighted by molar-refractivity contribution is -0.0208. The highest BCUT2D eigenvalue weighted by Gasteiger charge is 2.34. The van der Waals surface area contributed by atoms with Crippen molar-refractivity contribution in [2.24, 2.45) is 0 Å². The van der Waals surface area contributed by atoms with Crippen molar-refractivity contribution in [3.63, 3.8) is 0 Å². The van der Waals surface area contributed by atoms with Gasteiger partial charge in [-0.2, -0.15) is 0 Å². The van der Waals surface area contributed by atoms with Crippen molar-refractivity contribution in [3.05, 3.63) is 28.8 Å². The number of hydrogen-bond acceptors (Lipinski definition) is 3. The van der Waals surface area contributed by atoms with Crippen LogP contribution in [-0.2, 0) is 5.60 Å². The van der Waals surface area contributed by atoms with Crippen LogP contribution in [0.15, 0.2) is 12.1 Å². The third-order valence-electron chi connectivity index (χ3n) is 4.06. The smallest absolute Gasteiger partial charge is 0.122 e. The summed E-state index contributed by atoms with van der Waals surface area (Å²) in [7, 11) is 3.79. The maximum atomic E-state index is 10.9. The fourth-order valence-electron chi connectivity index (χ4n) is 2.77. The predicted molar refractivity (Wildman–Crippen MR) is 73.1 cm³/mol. The molecule has 1 fully saturated rings. The number of likely N-dealkylation sites (tertiary alicyclic amines) is 1. The number of piperidine rings is 1. The molecule has 2 rings (SSSR count). The van der Waals surface area contributed by atoms with Crippen molar-refractivity contribution in [1.82, 2.24) is 4.90 Å². The predicted octanol–water partition coefficient (Wildman–Crippen LogP) is 2.23. The van der Waals surface area contributed by atoms with Crippen LogP contribution in [0.3, 0.4) is 0 Å². The quantitative estimate of drug-likeness (QED) is 0.872. The molecular weight excluding hydrogens is 226 g/mol. The van der Waals surface area contributed by atoms with Gasteiger partial charge in [0.25, 0.3) is 0 Å². The van der Waals surface area contributed by atoms with E-state index in [1.54, 1.807) is 7.11 Å². The molecule has 1 aliphatic heterocycles. The van der Waals surface area contributed by atoms with Crippen LogP contribution < -0.4 is 4.74 Å². The van der Waals surface area contributed by atoms with Crippen LogP contribution in [0.5, 0.6) is 5.75 Å². The summed E-state index contributed by atoms with van der Waals surface area (Å²) in [5.74, 6) is 0.896. The number of methoxy groups -OCH3 is 1. The second kappa shape index (κ2) is 4.90. The summed E-state index contributed by atoms with van der Waals surface area (Å²) in [6.07, 6.45) is 1.60. The Morgan fingerprint density at radius 1 is 1.17 bits per heavy atom. The summed E-state index contributed by atoms with van der Waals surface area (Å²) in [6.45, 7) is 5.97. The van der Waals surface area contributed by atoms with E-state index in [1.807, 2.05) is 19.9 Å². The first-order valence-electron chi connectivity index (χ1n) is 6.53. The van der Waals surface area contributed by atoms with E-state index in [1.165, 1.54) is 0 Å². The number of hydrogen-bond donors (Lipinski definition) is 1. The second-order valence-electron chi connectivity index (χ2n) is 5.47. The normalized spacial score (nSPS) is 19.8. The molecule has 1 aromatic carbocycles. The van der Waals surface area contributed by atoms with E-state index in [4.69, 9.17) is 4.74 Å². The van der Waals surface area contributed by atoms with Crippen LogP contribution in [0.1, 0.15) is 29.5 Å². The average molecular weight is 249 g/mol. The Balaban J connectivity index is 2.36. The highest BCUT2D eigenvalue weighted by atomic mass is 16.5. The van der Waals surface area contributed by atoms with Gasteiger partial charge in [0, 0.05) is 13.1 Å². The summed E-state index contributed by atoms with van der Waals surface area (Å²) >= 11 is 0. The minimum absolute atomic E-state index is 0.673. The molecule has 1 aliphatic rings. The third kappa shape index (κ3) is 2.38. The Kier molecular flexibility index (Phi) is 3.64. The number of aryl methyl sites for hydroxylation is 2. The number of nitrogens with zero attached hydrogens (tertiary/aromatic N) is 1. The Hall–Kier alpha value is -1.06. The molecule has 0 aromatic heterocycles. The minimum atomic E-state index is -0.673. The minimum Gasteiger partial charge on any atom is -0.496 e.